The van der Waals surface area contributed by atoms with Crippen LogP contribution in [0.1, 0.15) is 24.2 Å². The highest BCUT2D eigenvalue weighted by Crippen LogP contribution is 2.12. The maximum absolute atomic E-state index is 11.7. The van der Waals surface area contributed by atoms with Crippen LogP contribution in [0.3, 0.4) is 0 Å². The summed E-state index contributed by atoms with van der Waals surface area (Å²) in [5.74, 6) is -1.65. The van der Waals surface area contributed by atoms with Gasteiger partial charge in [0.15, 0.2) is 6.61 Å². The predicted molar refractivity (Wildman–Crippen MR) is 75.8 cm³/mol. The van der Waals surface area contributed by atoms with Gasteiger partial charge < -0.3 is 15.4 Å². The highest BCUT2D eigenvalue weighted by atomic mass is 35.5. The number of hydrogen-bond acceptors (Lipinski definition) is 5. The molecule has 0 saturated carbocycles. The number of rotatable bonds is 6. The number of pyridine rings is 1. The van der Waals surface area contributed by atoms with Gasteiger partial charge in [-0.1, -0.05) is 11.6 Å². The number of hydrogen-bond donors (Lipinski definition) is 2. The molecule has 1 heterocycles. The van der Waals surface area contributed by atoms with E-state index in [9.17, 15) is 14.4 Å². The number of nitrogens with zero attached hydrogens (tertiary/aromatic N) is 1. The van der Waals surface area contributed by atoms with Gasteiger partial charge in [-0.2, -0.15) is 0 Å². The average Bonchev–Trinajstić information content (AvgIpc) is 2.45. The van der Waals surface area contributed by atoms with Gasteiger partial charge in [0.25, 0.3) is 5.91 Å². The summed E-state index contributed by atoms with van der Waals surface area (Å²) in [5.41, 5.74) is 0.0729. The standard InChI is InChI=1S/C13H16ClN3O4/c1-3-15-12(19)8(2)17-10(18)7-21-13(20)9-5-4-6-16-11(9)14/h4-6,8H,3,7H2,1-2H3,(H,15,19)(H,17,18)/t8-/m0/s1. The van der Waals surface area contributed by atoms with E-state index in [2.05, 4.69) is 15.6 Å². The Balaban J connectivity index is 2.45. The first-order valence-electron chi connectivity index (χ1n) is 6.30. The molecule has 0 aliphatic rings. The van der Waals surface area contributed by atoms with E-state index in [0.717, 1.165) is 0 Å². The molecular weight excluding hydrogens is 298 g/mol. The topological polar surface area (TPSA) is 97.4 Å². The van der Waals surface area contributed by atoms with Crippen molar-refractivity contribution < 1.29 is 19.1 Å². The van der Waals surface area contributed by atoms with Crippen LogP contribution in [0.4, 0.5) is 0 Å². The Morgan fingerprint density at radius 3 is 2.76 bits per heavy atom. The zero-order valence-electron chi connectivity index (χ0n) is 11.7. The van der Waals surface area contributed by atoms with Crippen molar-refractivity contribution in [3.63, 3.8) is 0 Å². The Labute approximate surface area is 127 Å². The fourth-order valence-corrected chi connectivity index (χ4v) is 1.62. The minimum Gasteiger partial charge on any atom is -0.452 e. The summed E-state index contributed by atoms with van der Waals surface area (Å²) in [6.45, 7) is 3.26. The molecule has 0 fully saturated rings. The van der Waals surface area contributed by atoms with E-state index >= 15 is 0 Å². The zero-order chi connectivity index (χ0) is 15.8. The van der Waals surface area contributed by atoms with Crippen LogP contribution in [0, 0.1) is 0 Å². The van der Waals surface area contributed by atoms with Crippen LogP contribution in [0.5, 0.6) is 0 Å². The van der Waals surface area contributed by atoms with Crippen molar-refractivity contribution in [1.82, 2.24) is 15.6 Å². The average molecular weight is 314 g/mol. The number of amides is 2. The number of aromatic nitrogens is 1. The zero-order valence-corrected chi connectivity index (χ0v) is 12.4. The summed E-state index contributed by atoms with van der Waals surface area (Å²) in [6, 6.07) is 2.25. The summed E-state index contributed by atoms with van der Waals surface area (Å²) in [4.78, 5) is 38.4. The minimum absolute atomic E-state index is 0.00130. The van der Waals surface area contributed by atoms with Crippen molar-refractivity contribution in [3.8, 4) is 0 Å². The van der Waals surface area contributed by atoms with Gasteiger partial charge in [-0.05, 0) is 26.0 Å². The molecule has 2 amide bonds. The SMILES string of the molecule is CCNC(=O)[C@H](C)NC(=O)COC(=O)c1cccnc1Cl. The maximum atomic E-state index is 11.7. The molecule has 1 aromatic rings. The second-order valence-corrected chi connectivity index (χ2v) is 4.46. The molecular formula is C13H16ClN3O4. The third kappa shape index (κ3) is 5.39. The molecule has 0 aliphatic carbocycles. The van der Waals surface area contributed by atoms with E-state index in [1.807, 2.05) is 0 Å². The lowest BCUT2D eigenvalue weighted by Gasteiger charge is -2.13. The summed E-state index contributed by atoms with van der Waals surface area (Å²) < 4.78 is 4.80. The Kier molecular flexibility index (Phi) is 6.61. The normalized spacial score (nSPS) is 11.4. The van der Waals surface area contributed by atoms with Crippen LogP contribution in [0.25, 0.3) is 0 Å². The van der Waals surface area contributed by atoms with Gasteiger partial charge in [-0.15, -0.1) is 0 Å². The molecule has 0 aliphatic heterocycles. The van der Waals surface area contributed by atoms with E-state index < -0.39 is 24.5 Å². The summed E-state index contributed by atoms with van der Waals surface area (Å²) in [5, 5.41) is 4.97. The monoisotopic (exact) mass is 313 g/mol. The Morgan fingerprint density at radius 2 is 2.14 bits per heavy atom. The molecule has 1 aromatic heterocycles. The van der Waals surface area contributed by atoms with Crippen molar-refractivity contribution in [3.05, 3.63) is 29.0 Å². The van der Waals surface area contributed by atoms with E-state index in [1.54, 1.807) is 6.92 Å². The molecule has 0 radical (unpaired) electrons. The van der Waals surface area contributed by atoms with Crippen molar-refractivity contribution >= 4 is 29.4 Å². The van der Waals surface area contributed by atoms with Crippen molar-refractivity contribution in [1.29, 1.82) is 0 Å². The fraction of sp³-hybridized carbons (Fsp3) is 0.385. The maximum Gasteiger partial charge on any atom is 0.341 e. The van der Waals surface area contributed by atoms with Gasteiger partial charge >= 0.3 is 5.97 Å². The van der Waals surface area contributed by atoms with Gasteiger partial charge in [0.2, 0.25) is 5.91 Å². The quantitative estimate of drug-likeness (QED) is 0.590. The second-order valence-electron chi connectivity index (χ2n) is 4.10. The first-order valence-corrected chi connectivity index (χ1v) is 6.68. The summed E-state index contributed by atoms with van der Waals surface area (Å²) in [6.07, 6.45) is 1.43. The lowest BCUT2D eigenvalue weighted by molar-refractivity contribution is -0.130. The van der Waals surface area contributed by atoms with E-state index in [4.69, 9.17) is 16.3 Å². The first kappa shape index (κ1) is 16.9. The lowest BCUT2D eigenvalue weighted by atomic mass is 10.3. The summed E-state index contributed by atoms with van der Waals surface area (Å²) >= 11 is 5.73. The third-order valence-corrected chi connectivity index (χ3v) is 2.74. The molecule has 1 atom stereocenters. The highest BCUT2D eigenvalue weighted by molar-refractivity contribution is 6.32. The van der Waals surface area contributed by atoms with E-state index in [1.165, 1.54) is 25.3 Å². The number of carbonyl (C=O) groups is 3. The first-order chi connectivity index (χ1) is 9.95. The molecule has 2 N–H and O–H groups in total. The molecule has 21 heavy (non-hydrogen) atoms. The number of likely N-dealkylation sites (N-methyl/N-ethyl adjacent to an activating group) is 1. The molecule has 7 nitrogen and oxygen atoms in total. The molecule has 0 bridgehead atoms. The second kappa shape index (κ2) is 8.21. The molecule has 114 valence electrons. The number of ether oxygens (including phenoxy) is 1. The predicted octanol–water partition coefficient (Wildman–Crippen LogP) is 0.533. The fourth-order valence-electron chi connectivity index (χ4n) is 1.42. The van der Waals surface area contributed by atoms with Gasteiger partial charge in [0.1, 0.15) is 11.2 Å². The molecule has 0 unspecified atom stereocenters. The minimum atomic E-state index is -0.756. The van der Waals surface area contributed by atoms with Crippen molar-refractivity contribution in [2.75, 3.05) is 13.2 Å². The van der Waals surface area contributed by atoms with Gasteiger partial charge in [0.05, 0.1) is 5.56 Å². The van der Waals surface area contributed by atoms with Crippen LogP contribution < -0.4 is 10.6 Å². The highest BCUT2D eigenvalue weighted by Gasteiger charge is 2.17. The third-order valence-electron chi connectivity index (χ3n) is 2.44. The lowest BCUT2D eigenvalue weighted by Crippen LogP contribution is -2.46. The number of carbonyl (C=O) groups excluding carboxylic acids is 3. The van der Waals surface area contributed by atoms with Crippen LogP contribution in [0.15, 0.2) is 18.3 Å². The molecule has 0 spiro atoms. The Bertz CT molecular complexity index is 536. The van der Waals surface area contributed by atoms with Crippen molar-refractivity contribution in [2.24, 2.45) is 0 Å². The Morgan fingerprint density at radius 1 is 1.43 bits per heavy atom. The number of halogens is 1. The van der Waals surface area contributed by atoms with Gasteiger partial charge in [-0.25, -0.2) is 9.78 Å². The number of nitrogens with one attached hydrogen (secondary N) is 2. The Hall–Kier alpha value is -2.15. The van der Waals surface area contributed by atoms with E-state index in [-0.39, 0.29) is 16.6 Å². The smallest absolute Gasteiger partial charge is 0.341 e. The van der Waals surface area contributed by atoms with Crippen molar-refractivity contribution in [2.45, 2.75) is 19.9 Å². The van der Waals surface area contributed by atoms with Gasteiger partial charge in [0, 0.05) is 12.7 Å². The largest absolute Gasteiger partial charge is 0.452 e. The molecule has 0 saturated heterocycles. The van der Waals surface area contributed by atoms with Crippen LogP contribution in [-0.2, 0) is 14.3 Å². The summed E-state index contributed by atoms with van der Waals surface area (Å²) in [7, 11) is 0. The van der Waals surface area contributed by atoms with Crippen LogP contribution in [-0.4, -0.2) is 42.0 Å². The molecule has 0 aromatic carbocycles. The number of esters is 1. The van der Waals surface area contributed by atoms with Crippen LogP contribution >= 0.6 is 11.6 Å². The van der Waals surface area contributed by atoms with Crippen LogP contribution in [0.2, 0.25) is 5.15 Å². The van der Waals surface area contributed by atoms with Gasteiger partial charge in [-0.3, -0.25) is 9.59 Å². The molecule has 1 rings (SSSR count). The van der Waals surface area contributed by atoms with E-state index in [0.29, 0.717) is 6.54 Å². The molecule has 8 heteroatoms.